The van der Waals surface area contributed by atoms with Gasteiger partial charge in [-0.05, 0) is 38.8 Å². The lowest BCUT2D eigenvalue weighted by molar-refractivity contribution is -0.121. The second-order valence-electron chi connectivity index (χ2n) is 5.71. The highest BCUT2D eigenvalue weighted by molar-refractivity contribution is 6.42. The Morgan fingerprint density at radius 1 is 1.35 bits per heavy atom. The van der Waals surface area contributed by atoms with E-state index in [2.05, 4.69) is 10.4 Å². The van der Waals surface area contributed by atoms with E-state index in [1.165, 1.54) is 0 Å². The number of hydrogen-bond donors (Lipinski definition) is 1. The van der Waals surface area contributed by atoms with Gasteiger partial charge in [-0.15, -0.1) is 0 Å². The first-order valence-corrected chi connectivity index (χ1v) is 8.29. The molecule has 0 saturated carbocycles. The van der Waals surface area contributed by atoms with Crippen LogP contribution in [0.3, 0.4) is 0 Å². The van der Waals surface area contributed by atoms with Gasteiger partial charge in [0.1, 0.15) is 0 Å². The highest BCUT2D eigenvalue weighted by atomic mass is 35.5. The molecule has 1 heterocycles. The fraction of sp³-hybridized carbons (Fsp3) is 0.412. The predicted molar refractivity (Wildman–Crippen MR) is 94.0 cm³/mol. The van der Waals surface area contributed by atoms with Crippen LogP contribution in [0.1, 0.15) is 41.9 Å². The van der Waals surface area contributed by atoms with Crippen molar-refractivity contribution < 1.29 is 4.79 Å². The van der Waals surface area contributed by atoms with E-state index in [0.717, 1.165) is 22.5 Å². The van der Waals surface area contributed by atoms with Crippen molar-refractivity contribution in [1.29, 1.82) is 0 Å². The molecule has 1 aromatic carbocycles. The minimum atomic E-state index is -0.0777. The molecule has 0 saturated heterocycles. The number of nitrogens with one attached hydrogen (secondary N) is 1. The molecule has 4 nitrogen and oxygen atoms in total. The monoisotopic (exact) mass is 353 g/mol. The van der Waals surface area contributed by atoms with Crippen LogP contribution in [0.25, 0.3) is 0 Å². The Morgan fingerprint density at radius 2 is 2.04 bits per heavy atom. The lowest BCUT2D eigenvalue weighted by Crippen LogP contribution is -2.27. The molecule has 0 fully saturated rings. The van der Waals surface area contributed by atoms with E-state index in [9.17, 15) is 4.79 Å². The van der Waals surface area contributed by atoms with Crippen molar-refractivity contribution in [3.05, 3.63) is 50.8 Å². The van der Waals surface area contributed by atoms with Crippen molar-refractivity contribution in [3.63, 3.8) is 0 Å². The molecule has 1 atom stereocenters. The first-order chi connectivity index (χ1) is 10.8. The molecule has 1 unspecified atom stereocenters. The van der Waals surface area contributed by atoms with E-state index in [4.69, 9.17) is 23.2 Å². The average molecular weight is 354 g/mol. The molecule has 6 heteroatoms. The zero-order valence-electron chi connectivity index (χ0n) is 13.8. The average Bonchev–Trinajstić information content (AvgIpc) is 2.73. The van der Waals surface area contributed by atoms with Gasteiger partial charge in [0.15, 0.2) is 0 Å². The van der Waals surface area contributed by atoms with Gasteiger partial charge in [0.05, 0.1) is 21.8 Å². The lowest BCUT2D eigenvalue weighted by atomic mass is 10.1. The molecular weight excluding hydrogens is 333 g/mol. The molecule has 2 rings (SSSR count). The molecule has 0 aliphatic carbocycles. The third-order valence-electron chi connectivity index (χ3n) is 4.03. The first-order valence-electron chi connectivity index (χ1n) is 7.53. The van der Waals surface area contributed by atoms with Crippen LogP contribution in [0, 0.1) is 13.8 Å². The normalized spacial score (nSPS) is 12.3. The van der Waals surface area contributed by atoms with Crippen LogP contribution in [0.5, 0.6) is 0 Å². The maximum absolute atomic E-state index is 12.2. The van der Waals surface area contributed by atoms with Gasteiger partial charge < -0.3 is 5.32 Å². The summed E-state index contributed by atoms with van der Waals surface area (Å²) in [6.07, 6.45) is 0.922. The largest absolute Gasteiger partial charge is 0.349 e. The van der Waals surface area contributed by atoms with Crippen molar-refractivity contribution in [3.8, 4) is 0 Å². The van der Waals surface area contributed by atoms with Crippen LogP contribution in [0.4, 0.5) is 0 Å². The number of hydrogen-bond acceptors (Lipinski definition) is 2. The number of carbonyl (C=O) groups excluding carboxylic acids is 1. The number of rotatable bonds is 5. The van der Waals surface area contributed by atoms with Gasteiger partial charge in [-0.2, -0.15) is 5.10 Å². The molecule has 0 spiro atoms. The minimum absolute atomic E-state index is 0.0174. The van der Waals surface area contributed by atoms with Crippen LogP contribution in [0.2, 0.25) is 10.0 Å². The summed E-state index contributed by atoms with van der Waals surface area (Å²) < 4.78 is 1.83. The van der Waals surface area contributed by atoms with Gasteiger partial charge in [-0.1, -0.05) is 35.3 Å². The molecule has 0 aliphatic heterocycles. The van der Waals surface area contributed by atoms with Crippen molar-refractivity contribution in [2.45, 2.75) is 39.7 Å². The zero-order chi connectivity index (χ0) is 17.1. The highest BCUT2D eigenvalue weighted by Crippen LogP contribution is 2.26. The van der Waals surface area contributed by atoms with Crippen molar-refractivity contribution in [1.82, 2.24) is 15.1 Å². The van der Waals surface area contributed by atoms with Crippen LogP contribution in [0.15, 0.2) is 18.2 Å². The van der Waals surface area contributed by atoms with Gasteiger partial charge in [0.2, 0.25) is 5.91 Å². The molecule has 124 valence electrons. The number of nitrogens with zero attached hydrogens (tertiary/aromatic N) is 2. The quantitative estimate of drug-likeness (QED) is 0.877. The lowest BCUT2D eigenvalue weighted by Gasteiger charge is -2.15. The number of halogens is 2. The molecule has 1 aromatic heterocycles. The second kappa shape index (κ2) is 7.37. The fourth-order valence-electron chi connectivity index (χ4n) is 2.79. The van der Waals surface area contributed by atoms with Crippen molar-refractivity contribution in [2.75, 3.05) is 0 Å². The highest BCUT2D eigenvalue weighted by Gasteiger charge is 2.18. The summed E-state index contributed by atoms with van der Waals surface area (Å²) in [5.74, 6) is -0.0174. The summed E-state index contributed by atoms with van der Waals surface area (Å²) >= 11 is 12.1. The Bertz CT molecular complexity index is 725. The molecular formula is C17H21Cl2N3O. The van der Waals surface area contributed by atoms with E-state index in [1.54, 1.807) is 6.07 Å². The van der Waals surface area contributed by atoms with Gasteiger partial charge in [-0.25, -0.2) is 0 Å². The number of benzene rings is 1. The van der Waals surface area contributed by atoms with Crippen LogP contribution in [-0.2, 0) is 18.3 Å². The van der Waals surface area contributed by atoms with Gasteiger partial charge >= 0.3 is 0 Å². The number of aryl methyl sites for hydroxylation is 3. The minimum Gasteiger partial charge on any atom is -0.349 e. The maximum Gasteiger partial charge on any atom is 0.220 e. The summed E-state index contributed by atoms with van der Waals surface area (Å²) in [6, 6.07) is 5.39. The Balaban J connectivity index is 1.98. The standard InChI is InChI=1S/C17H21Cl2N3O/c1-10(16-11(2)21-22(4)12(16)3)20-15(23)9-8-13-6-5-7-14(18)17(13)19/h5-7,10H,8-9H2,1-4H3,(H,20,23). The van der Waals surface area contributed by atoms with E-state index in [0.29, 0.717) is 22.9 Å². The van der Waals surface area contributed by atoms with Crippen LogP contribution >= 0.6 is 23.2 Å². The number of carbonyl (C=O) groups is 1. The summed E-state index contributed by atoms with van der Waals surface area (Å²) in [5, 5.41) is 8.45. The Hall–Kier alpha value is -1.52. The Morgan fingerprint density at radius 3 is 2.65 bits per heavy atom. The molecule has 0 aliphatic rings. The molecule has 0 bridgehead atoms. The summed E-state index contributed by atoms with van der Waals surface area (Å²) in [7, 11) is 1.90. The third-order valence-corrected chi connectivity index (χ3v) is 4.89. The van der Waals surface area contributed by atoms with Crippen molar-refractivity contribution >= 4 is 29.1 Å². The van der Waals surface area contributed by atoms with E-state index >= 15 is 0 Å². The Labute approximate surface area is 146 Å². The zero-order valence-corrected chi connectivity index (χ0v) is 15.3. The summed E-state index contributed by atoms with van der Waals surface area (Å²) in [6.45, 7) is 5.93. The maximum atomic E-state index is 12.2. The predicted octanol–water partition coefficient (Wildman–Crippen LogP) is 4.15. The van der Waals surface area contributed by atoms with Crippen molar-refractivity contribution in [2.24, 2.45) is 7.05 Å². The number of aromatic nitrogens is 2. The van der Waals surface area contributed by atoms with E-state index in [1.807, 2.05) is 44.6 Å². The van der Waals surface area contributed by atoms with Gasteiger partial charge in [0, 0.05) is 24.7 Å². The van der Waals surface area contributed by atoms with Crippen LogP contribution < -0.4 is 5.32 Å². The molecule has 1 amide bonds. The van der Waals surface area contributed by atoms with E-state index < -0.39 is 0 Å². The van der Waals surface area contributed by atoms with Crippen LogP contribution in [-0.4, -0.2) is 15.7 Å². The van der Waals surface area contributed by atoms with Gasteiger partial charge in [0.25, 0.3) is 0 Å². The SMILES string of the molecule is Cc1nn(C)c(C)c1C(C)NC(=O)CCc1cccc(Cl)c1Cl. The third kappa shape index (κ3) is 4.06. The summed E-state index contributed by atoms with van der Waals surface area (Å²) in [5.41, 5.74) is 3.96. The first kappa shape index (κ1) is 17.8. The topological polar surface area (TPSA) is 46.9 Å². The molecule has 23 heavy (non-hydrogen) atoms. The summed E-state index contributed by atoms with van der Waals surface area (Å²) in [4.78, 5) is 12.2. The van der Waals surface area contributed by atoms with Gasteiger partial charge in [-0.3, -0.25) is 9.48 Å². The van der Waals surface area contributed by atoms with E-state index in [-0.39, 0.29) is 11.9 Å². The Kier molecular flexibility index (Phi) is 5.71. The smallest absolute Gasteiger partial charge is 0.220 e. The molecule has 2 aromatic rings. The molecule has 1 N–H and O–H groups in total. The fourth-order valence-corrected chi connectivity index (χ4v) is 3.21. The molecule has 0 radical (unpaired) electrons. The number of amides is 1. The second-order valence-corrected chi connectivity index (χ2v) is 6.50.